The molecule has 0 amide bonds. The number of aromatic nitrogens is 2. The zero-order chi connectivity index (χ0) is 15.2. The Hall–Kier alpha value is -2.36. The number of nitrogen functional groups attached to an aromatic ring is 1. The quantitative estimate of drug-likeness (QED) is 0.730. The van der Waals surface area contributed by atoms with Crippen LogP contribution < -0.4 is 5.73 Å². The lowest BCUT2D eigenvalue weighted by atomic mass is 9.86. The number of hydrogen-bond acceptors (Lipinski definition) is 4. The fraction of sp³-hybridized carbons (Fsp3) is 0.294. The molecule has 3 aromatic rings. The SMILES string of the molecule is Cc1nocc1-c1cc2cc(C(C)(C)C)ccc2nc1N. The van der Waals surface area contributed by atoms with E-state index in [0.717, 1.165) is 27.7 Å². The highest BCUT2D eigenvalue weighted by Crippen LogP contribution is 2.32. The number of hydrogen-bond donors (Lipinski definition) is 1. The maximum absolute atomic E-state index is 6.09. The van der Waals surface area contributed by atoms with Gasteiger partial charge in [-0.1, -0.05) is 32.0 Å². The predicted octanol–water partition coefficient (Wildman–Crippen LogP) is 4.08. The summed E-state index contributed by atoms with van der Waals surface area (Å²) in [4.78, 5) is 4.50. The first kappa shape index (κ1) is 13.6. The van der Waals surface area contributed by atoms with Crippen LogP contribution in [0, 0.1) is 6.92 Å². The molecule has 0 saturated carbocycles. The largest absolute Gasteiger partial charge is 0.383 e. The van der Waals surface area contributed by atoms with Crippen molar-refractivity contribution < 1.29 is 4.52 Å². The fourth-order valence-corrected chi connectivity index (χ4v) is 2.42. The molecule has 0 saturated heterocycles. The van der Waals surface area contributed by atoms with Crippen molar-refractivity contribution in [2.24, 2.45) is 0 Å². The molecule has 21 heavy (non-hydrogen) atoms. The smallest absolute Gasteiger partial charge is 0.132 e. The molecule has 108 valence electrons. The topological polar surface area (TPSA) is 64.9 Å². The number of pyridine rings is 1. The Morgan fingerprint density at radius 1 is 1.10 bits per heavy atom. The minimum absolute atomic E-state index is 0.100. The van der Waals surface area contributed by atoms with E-state index in [1.807, 2.05) is 13.0 Å². The summed E-state index contributed by atoms with van der Waals surface area (Å²) in [5.41, 5.74) is 10.9. The average molecular weight is 281 g/mol. The van der Waals surface area contributed by atoms with Gasteiger partial charge in [-0.2, -0.15) is 0 Å². The van der Waals surface area contributed by atoms with Crippen molar-refractivity contribution in [3.05, 3.63) is 41.8 Å². The van der Waals surface area contributed by atoms with Gasteiger partial charge in [-0.25, -0.2) is 4.98 Å². The maximum atomic E-state index is 6.09. The molecule has 2 heterocycles. The highest BCUT2D eigenvalue weighted by Gasteiger charge is 2.16. The molecule has 3 rings (SSSR count). The van der Waals surface area contributed by atoms with Gasteiger partial charge in [0.05, 0.1) is 11.2 Å². The van der Waals surface area contributed by atoms with Crippen LogP contribution >= 0.6 is 0 Å². The van der Waals surface area contributed by atoms with Crippen LogP contribution in [0.3, 0.4) is 0 Å². The number of anilines is 1. The van der Waals surface area contributed by atoms with Gasteiger partial charge in [0.1, 0.15) is 12.1 Å². The zero-order valence-corrected chi connectivity index (χ0v) is 12.8. The normalized spacial score (nSPS) is 12.0. The van der Waals surface area contributed by atoms with Gasteiger partial charge < -0.3 is 10.3 Å². The minimum atomic E-state index is 0.100. The summed E-state index contributed by atoms with van der Waals surface area (Å²) in [6.45, 7) is 8.49. The van der Waals surface area contributed by atoms with Gasteiger partial charge >= 0.3 is 0 Å². The molecule has 0 atom stereocenters. The van der Waals surface area contributed by atoms with Crippen LogP contribution in [0.5, 0.6) is 0 Å². The van der Waals surface area contributed by atoms with Gasteiger partial charge in [-0.05, 0) is 36.1 Å². The molecule has 1 aromatic carbocycles. The third kappa shape index (κ3) is 2.37. The number of fused-ring (bicyclic) bond motifs is 1. The van der Waals surface area contributed by atoms with E-state index in [0.29, 0.717) is 5.82 Å². The first-order chi connectivity index (χ1) is 9.86. The molecule has 0 aliphatic rings. The van der Waals surface area contributed by atoms with Gasteiger partial charge in [0.2, 0.25) is 0 Å². The number of rotatable bonds is 1. The Labute approximate surface area is 124 Å². The second kappa shape index (κ2) is 4.58. The van der Waals surface area contributed by atoms with Gasteiger partial charge in [0, 0.05) is 16.5 Å². The van der Waals surface area contributed by atoms with Crippen LogP contribution in [-0.2, 0) is 5.41 Å². The van der Waals surface area contributed by atoms with Gasteiger partial charge in [-0.3, -0.25) is 0 Å². The molecular weight excluding hydrogens is 262 g/mol. The van der Waals surface area contributed by atoms with E-state index in [2.05, 4.69) is 49.1 Å². The van der Waals surface area contributed by atoms with Crippen LogP contribution in [0.2, 0.25) is 0 Å². The molecule has 0 radical (unpaired) electrons. The lowest BCUT2D eigenvalue weighted by Gasteiger charge is -2.19. The van der Waals surface area contributed by atoms with Crippen LogP contribution in [0.1, 0.15) is 32.0 Å². The van der Waals surface area contributed by atoms with E-state index < -0.39 is 0 Å². The molecule has 0 unspecified atom stereocenters. The van der Waals surface area contributed by atoms with Crippen LogP contribution in [-0.4, -0.2) is 10.1 Å². The molecule has 0 aliphatic heterocycles. The second-order valence-corrected chi connectivity index (χ2v) is 6.39. The molecule has 2 N–H and O–H groups in total. The zero-order valence-electron chi connectivity index (χ0n) is 12.8. The third-order valence-corrected chi connectivity index (χ3v) is 3.75. The van der Waals surface area contributed by atoms with Crippen molar-refractivity contribution in [2.75, 3.05) is 5.73 Å². The van der Waals surface area contributed by atoms with Gasteiger partial charge in [0.25, 0.3) is 0 Å². The van der Waals surface area contributed by atoms with E-state index in [-0.39, 0.29) is 5.41 Å². The van der Waals surface area contributed by atoms with Crippen molar-refractivity contribution in [1.29, 1.82) is 0 Å². The van der Waals surface area contributed by atoms with Gasteiger partial charge in [-0.15, -0.1) is 0 Å². The van der Waals surface area contributed by atoms with E-state index in [1.165, 1.54) is 5.56 Å². The van der Waals surface area contributed by atoms with Crippen LogP contribution in [0.25, 0.3) is 22.0 Å². The van der Waals surface area contributed by atoms with Gasteiger partial charge in [0.15, 0.2) is 0 Å². The van der Waals surface area contributed by atoms with E-state index in [9.17, 15) is 0 Å². The number of aryl methyl sites for hydroxylation is 1. The summed E-state index contributed by atoms with van der Waals surface area (Å²) in [7, 11) is 0. The summed E-state index contributed by atoms with van der Waals surface area (Å²) in [6.07, 6.45) is 1.61. The molecule has 2 aromatic heterocycles. The second-order valence-electron chi connectivity index (χ2n) is 6.39. The van der Waals surface area contributed by atoms with Crippen molar-refractivity contribution in [3.63, 3.8) is 0 Å². The fourth-order valence-electron chi connectivity index (χ4n) is 2.42. The Balaban J connectivity index is 2.24. The third-order valence-electron chi connectivity index (χ3n) is 3.75. The van der Waals surface area contributed by atoms with Crippen molar-refractivity contribution in [2.45, 2.75) is 33.1 Å². The van der Waals surface area contributed by atoms with Crippen molar-refractivity contribution in [3.8, 4) is 11.1 Å². The number of benzene rings is 1. The Morgan fingerprint density at radius 3 is 2.48 bits per heavy atom. The minimum Gasteiger partial charge on any atom is -0.383 e. The lowest BCUT2D eigenvalue weighted by Crippen LogP contribution is -2.10. The monoisotopic (exact) mass is 281 g/mol. The first-order valence-corrected chi connectivity index (χ1v) is 6.98. The molecule has 0 aliphatic carbocycles. The van der Waals surface area contributed by atoms with Crippen LogP contribution in [0.15, 0.2) is 35.1 Å². The molecule has 0 spiro atoms. The molecule has 0 bridgehead atoms. The van der Waals surface area contributed by atoms with E-state index in [1.54, 1.807) is 6.26 Å². The molecule has 4 heteroatoms. The Kier molecular flexibility index (Phi) is 2.97. The summed E-state index contributed by atoms with van der Waals surface area (Å²) < 4.78 is 5.01. The predicted molar refractivity (Wildman–Crippen MR) is 85.1 cm³/mol. The molecule has 0 fully saturated rings. The summed E-state index contributed by atoms with van der Waals surface area (Å²) in [5, 5.41) is 4.99. The standard InChI is InChI=1S/C17H19N3O/c1-10-14(9-21-20-10)13-8-11-7-12(17(2,3)4)5-6-15(11)19-16(13)18/h5-9H,1-4H3,(H2,18,19). The summed E-state index contributed by atoms with van der Waals surface area (Å²) >= 11 is 0. The van der Waals surface area contributed by atoms with E-state index >= 15 is 0 Å². The highest BCUT2D eigenvalue weighted by molar-refractivity contribution is 5.89. The summed E-state index contributed by atoms with van der Waals surface area (Å²) in [5.74, 6) is 0.498. The highest BCUT2D eigenvalue weighted by atomic mass is 16.5. The number of nitrogens with two attached hydrogens (primary N) is 1. The van der Waals surface area contributed by atoms with Crippen molar-refractivity contribution in [1.82, 2.24) is 10.1 Å². The summed E-state index contributed by atoms with van der Waals surface area (Å²) in [6, 6.07) is 8.37. The lowest BCUT2D eigenvalue weighted by molar-refractivity contribution is 0.415. The number of nitrogens with zero attached hydrogens (tertiary/aromatic N) is 2. The molecule has 4 nitrogen and oxygen atoms in total. The van der Waals surface area contributed by atoms with E-state index in [4.69, 9.17) is 10.3 Å². The Bertz CT molecular complexity index is 813. The maximum Gasteiger partial charge on any atom is 0.132 e. The first-order valence-electron chi connectivity index (χ1n) is 6.98. The molecular formula is C17H19N3O. The van der Waals surface area contributed by atoms with Crippen molar-refractivity contribution >= 4 is 16.7 Å². The average Bonchev–Trinajstić information content (AvgIpc) is 2.82. The Morgan fingerprint density at radius 2 is 1.86 bits per heavy atom. The van der Waals surface area contributed by atoms with Crippen LogP contribution in [0.4, 0.5) is 5.82 Å².